The van der Waals surface area contributed by atoms with E-state index in [-0.39, 0.29) is 0 Å². The van der Waals surface area contributed by atoms with Gasteiger partial charge in [-0.15, -0.1) is 23.2 Å². The van der Waals surface area contributed by atoms with Crippen LogP contribution in [-0.4, -0.2) is 35.0 Å². The van der Waals surface area contributed by atoms with Gasteiger partial charge in [0.15, 0.2) is 0 Å². The van der Waals surface area contributed by atoms with Gasteiger partial charge in [0.1, 0.15) is 10.8 Å². The van der Waals surface area contributed by atoms with Crippen LogP contribution >= 0.6 is 23.2 Å². The van der Waals surface area contributed by atoms with Crippen molar-refractivity contribution in [1.29, 1.82) is 0 Å². The third kappa shape index (κ3) is 3.06. The van der Waals surface area contributed by atoms with Crippen LogP contribution in [0.25, 0.3) is 0 Å². The number of hydrogen-bond acceptors (Lipinski definition) is 0. The number of hydrogen-bond donors (Lipinski definition) is 0. The SMILES string of the molecule is FC(F)(F)C(F)(F)C(Cl)C(Cl)C(F)(F)C(F)(F)F. The van der Waals surface area contributed by atoms with Gasteiger partial charge in [-0.1, -0.05) is 0 Å². The van der Waals surface area contributed by atoms with Crippen LogP contribution in [0, 0.1) is 0 Å². The maximum atomic E-state index is 12.5. The van der Waals surface area contributed by atoms with Crippen molar-refractivity contribution in [3.05, 3.63) is 0 Å². The van der Waals surface area contributed by atoms with Crippen LogP contribution in [0.5, 0.6) is 0 Å². The first kappa shape index (κ1) is 17.9. The molecule has 0 saturated heterocycles. The van der Waals surface area contributed by atoms with E-state index in [1.165, 1.54) is 0 Å². The smallest absolute Gasteiger partial charge is 0.195 e. The molecule has 110 valence electrons. The summed E-state index contributed by atoms with van der Waals surface area (Å²) < 4.78 is 120. The van der Waals surface area contributed by atoms with Crippen LogP contribution in [0.2, 0.25) is 0 Å². The van der Waals surface area contributed by atoms with Gasteiger partial charge in [0.2, 0.25) is 0 Å². The molecule has 0 saturated carbocycles. The summed E-state index contributed by atoms with van der Waals surface area (Å²) in [7, 11) is 0. The van der Waals surface area contributed by atoms with Crippen molar-refractivity contribution in [1.82, 2.24) is 0 Å². The van der Waals surface area contributed by atoms with Crippen LogP contribution < -0.4 is 0 Å². The zero-order chi connectivity index (χ0) is 15.2. The molecule has 0 nitrogen and oxygen atoms in total. The van der Waals surface area contributed by atoms with E-state index in [9.17, 15) is 43.9 Å². The zero-order valence-corrected chi connectivity index (χ0v) is 9.20. The lowest BCUT2D eigenvalue weighted by molar-refractivity contribution is -0.305. The Bertz CT molecular complexity index is 262. The van der Waals surface area contributed by atoms with Crippen molar-refractivity contribution in [2.24, 2.45) is 0 Å². The highest BCUT2D eigenvalue weighted by atomic mass is 35.5. The van der Waals surface area contributed by atoms with Crippen molar-refractivity contribution in [2.45, 2.75) is 35.0 Å². The van der Waals surface area contributed by atoms with E-state index < -0.39 is 35.0 Å². The maximum absolute atomic E-state index is 12.5. The summed E-state index contributed by atoms with van der Waals surface area (Å²) in [6.07, 6.45) is -12.8. The van der Waals surface area contributed by atoms with Gasteiger partial charge in [0.25, 0.3) is 0 Å². The summed E-state index contributed by atoms with van der Waals surface area (Å²) in [4.78, 5) is 0. The average Bonchev–Trinajstić information content (AvgIpc) is 2.11. The highest BCUT2D eigenvalue weighted by Crippen LogP contribution is 2.49. The van der Waals surface area contributed by atoms with Crippen LogP contribution in [0.3, 0.4) is 0 Å². The largest absolute Gasteiger partial charge is 0.454 e. The van der Waals surface area contributed by atoms with Gasteiger partial charge in [-0.2, -0.15) is 43.9 Å². The molecule has 0 aromatic carbocycles. The molecule has 0 aromatic heterocycles. The predicted molar refractivity (Wildman–Crippen MR) is 41.3 cm³/mol. The minimum atomic E-state index is -6.41. The first-order valence-corrected chi connectivity index (χ1v) is 4.61. The molecule has 0 aromatic rings. The third-order valence-electron chi connectivity index (χ3n) is 1.71. The second-order valence-corrected chi connectivity index (χ2v) is 3.99. The van der Waals surface area contributed by atoms with E-state index in [0.717, 1.165) is 0 Å². The second kappa shape index (κ2) is 4.77. The summed E-state index contributed by atoms with van der Waals surface area (Å²) in [5, 5.41) is -7.98. The molecule has 0 radical (unpaired) electrons. The molecule has 0 fully saturated rings. The topological polar surface area (TPSA) is 0 Å². The van der Waals surface area contributed by atoms with Gasteiger partial charge in [-0.25, -0.2) is 0 Å². The summed E-state index contributed by atoms with van der Waals surface area (Å²) >= 11 is 8.63. The van der Waals surface area contributed by atoms with E-state index in [1.54, 1.807) is 0 Å². The molecule has 2 atom stereocenters. The summed E-state index contributed by atoms with van der Waals surface area (Å²) in [5.74, 6) is -12.0. The standard InChI is InChI=1S/C6H2Cl2F10/c7-1(3(9,10)5(13,14)15)2(8)4(11,12)6(16,17)18/h1-2H. The quantitative estimate of drug-likeness (QED) is 0.523. The minimum absolute atomic E-state index is 3.99. The van der Waals surface area contributed by atoms with Crippen molar-refractivity contribution in [3.63, 3.8) is 0 Å². The van der Waals surface area contributed by atoms with Crippen molar-refractivity contribution < 1.29 is 43.9 Å². The molecule has 0 amide bonds. The van der Waals surface area contributed by atoms with E-state index in [4.69, 9.17) is 0 Å². The number of halogens is 12. The van der Waals surface area contributed by atoms with Crippen LogP contribution in [0.1, 0.15) is 0 Å². The number of alkyl halides is 12. The van der Waals surface area contributed by atoms with E-state index in [2.05, 4.69) is 23.2 Å². The Morgan fingerprint density at radius 3 is 0.778 bits per heavy atom. The summed E-state index contributed by atoms with van der Waals surface area (Å²) in [5.41, 5.74) is 0. The highest BCUT2D eigenvalue weighted by molar-refractivity contribution is 6.31. The van der Waals surface area contributed by atoms with E-state index in [0.29, 0.717) is 0 Å². The van der Waals surface area contributed by atoms with Crippen LogP contribution in [0.15, 0.2) is 0 Å². The average molecular weight is 335 g/mol. The maximum Gasteiger partial charge on any atom is 0.454 e. The molecular weight excluding hydrogens is 333 g/mol. The molecule has 18 heavy (non-hydrogen) atoms. The molecule has 0 aliphatic carbocycles. The fourth-order valence-electron chi connectivity index (χ4n) is 0.680. The molecule has 0 bridgehead atoms. The molecule has 12 heteroatoms. The van der Waals surface area contributed by atoms with Gasteiger partial charge in [-0.3, -0.25) is 0 Å². The first-order valence-electron chi connectivity index (χ1n) is 3.74. The minimum Gasteiger partial charge on any atom is -0.195 e. The molecular formula is C6H2Cl2F10. The predicted octanol–water partition coefficient (Wildman–Crippen LogP) is 4.60. The Labute approximate surface area is 103 Å². The normalized spacial score (nSPS) is 18.7. The Kier molecular flexibility index (Phi) is 4.74. The van der Waals surface area contributed by atoms with E-state index in [1.807, 2.05) is 0 Å². The van der Waals surface area contributed by atoms with Crippen molar-refractivity contribution >= 4 is 23.2 Å². The fraction of sp³-hybridized carbons (Fsp3) is 1.00. The van der Waals surface area contributed by atoms with Crippen molar-refractivity contribution in [3.8, 4) is 0 Å². The van der Waals surface area contributed by atoms with Gasteiger partial charge >= 0.3 is 24.2 Å². The molecule has 2 unspecified atom stereocenters. The molecule has 0 N–H and O–H groups in total. The lowest BCUT2D eigenvalue weighted by atomic mass is 10.1. The number of rotatable bonds is 3. The Morgan fingerprint density at radius 1 is 0.500 bits per heavy atom. The molecule has 0 aliphatic rings. The lowest BCUT2D eigenvalue weighted by Gasteiger charge is -2.32. The zero-order valence-electron chi connectivity index (χ0n) is 7.69. The third-order valence-corrected chi connectivity index (χ3v) is 2.89. The summed E-state index contributed by atoms with van der Waals surface area (Å²) in [6, 6.07) is 0. The lowest BCUT2D eigenvalue weighted by Crippen LogP contribution is -2.56. The summed E-state index contributed by atoms with van der Waals surface area (Å²) in [6.45, 7) is 0. The fourth-order valence-corrected chi connectivity index (χ4v) is 1.24. The molecule has 0 rings (SSSR count). The Hall–Kier alpha value is -0.120. The molecule has 0 spiro atoms. The first-order chi connectivity index (χ1) is 7.57. The second-order valence-electron chi connectivity index (χ2n) is 3.04. The van der Waals surface area contributed by atoms with Gasteiger partial charge in [0, 0.05) is 0 Å². The Morgan fingerprint density at radius 2 is 0.667 bits per heavy atom. The van der Waals surface area contributed by atoms with Gasteiger partial charge in [0.05, 0.1) is 0 Å². The molecule has 0 heterocycles. The van der Waals surface area contributed by atoms with Gasteiger partial charge < -0.3 is 0 Å². The van der Waals surface area contributed by atoms with Gasteiger partial charge in [-0.05, 0) is 0 Å². The van der Waals surface area contributed by atoms with E-state index >= 15 is 0 Å². The van der Waals surface area contributed by atoms with Crippen LogP contribution in [-0.2, 0) is 0 Å². The molecule has 0 aliphatic heterocycles. The van der Waals surface area contributed by atoms with Crippen molar-refractivity contribution in [2.75, 3.05) is 0 Å². The van der Waals surface area contributed by atoms with Crippen LogP contribution in [0.4, 0.5) is 43.9 Å². The monoisotopic (exact) mass is 334 g/mol. The Balaban J connectivity index is 5.31. The highest BCUT2D eigenvalue weighted by Gasteiger charge is 2.71.